The van der Waals surface area contributed by atoms with Gasteiger partial charge < -0.3 is 15.8 Å². The first-order valence-electron chi connectivity index (χ1n) is 10.5. The van der Waals surface area contributed by atoms with E-state index in [4.69, 9.17) is 10.5 Å². The number of rotatable bonds is 6. The van der Waals surface area contributed by atoms with Crippen LogP contribution in [0, 0.1) is 29.5 Å². The molecule has 3 fully saturated rings. The first-order valence-corrected chi connectivity index (χ1v) is 10.5. The Hall–Kier alpha value is -1.62. The molecule has 3 N–H and O–H groups in total. The van der Waals surface area contributed by atoms with Crippen LogP contribution in [-0.4, -0.2) is 18.6 Å². The lowest BCUT2D eigenvalue weighted by molar-refractivity contribution is -0.128. The normalized spacial score (nSPS) is 31.2. The molecule has 3 aliphatic rings. The van der Waals surface area contributed by atoms with Crippen molar-refractivity contribution in [3.63, 3.8) is 0 Å². The van der Waals surface area contributed by atoms with Crippen LogP contribution in [0.3, 0.4) is 0 Å². The average molecular weight is 375 g/mol. The van der Waals surface area contributed by atoms with Crippen molar-refractivity contribution in [2.75, 3.05) is 6.61 Å². The fraction of sp³-hybridized carbons (Fsp3) is 0.682. The number of nitrogens with two attached hydrogens (primary N) is 1. The molecule has 2 bridgehead atoms. The van der Waals surface area contributed by atoms with Crippen molar-refractivity contribution in [2.45, 2.75) is 64.0 Å². The van der Waals surface area contributed by atoms with Gasteiger partial charge in [-0.2, -0.15) is 0 Å². The first-order chi connectivity index (χ1) is 13.0. The maximum Gasteiger partial charge on any atom is 0.223 e. The van der Waals surface area contributed by atoms with E-state index < -0.39 is 0 Å². The van der Waals surface area contributed by atoms with E-state index >= 15 is 0 Å². The summed E-state index contributed by atoms with van der Waals surface area (Å²) >= 11 is 0. The third-order valence-electron chi connectivity index (χ3n) is 6.77. The summed E-state index contributed by atoms with van der Waals surface area (Å²) < 4.78 is 19.9. The predicted molar refractivity (Wildman–Crippen MR) is 103 cm³/mol. The summed E-state index contributed by atoms with van der Waals surface area (Å²) in [4.78, 5) is 12.8. The van der Waals surface area contributed by atoms with Crippen molar-refractivity contribution >= 4 is 5.91 Å². The number of carbonyl (C=O) groups excluding carboxylic acids is 1. The molecule has 1 aromatic carbocycles. The molecule has 3 unspecified atom stereocenters. The van der Waals surface area contributed by atoms with Crippen LogP contribution in [0.5, 0.6) is 5.75 Å². The van der Waals surface area contributed by atoms with Crippen LogP contribution in [0.4, 0.5) is 4.39 Å². The topological polar surface area (TPSA) is 64.4 Å². The van der Waals surface area contributed by atoms with Crippen molar-refractivity contribution in [2.24, 2.45) is 29.4 Å². The second kappa shape index (κ2) is 7.78. The van der Waals surface area contributed by atoms with Crippen molar-refractivity contribution in [3.8, 4) is 5.75 Å². The lowest BCUT2D eigenvalue weighted by atomic mass is 9.65. The maximum atomic E-state index is 14.3. The smallest absolute Gasteiger partial charge is 0.223 e. The van der Waals surface area contributed by atoms with Crippen molar-refractivity contribution in [3.05, 3.63) is 29.6 Å². The zero-order valence-corrected chi connectivity index (χ0v) is 16.1. The second-order valence-electron chi connectivity index (χ2n) is 8.87. The summed E-state index contributed by atoms with van der Waals surface area (Å²) in [6.45, 7) is 2.50. The first kappa shape index (κ1) is 18.7. The van der Waals surface area contributed by atoms with Gasteiger partial charge in [-0.15, -0.1) is 0 Å². The number of hydrogen-bond donors (Lipinski definition) is 2. The van der Waals surface area contributed by atoms with Crippen LogP contribution in [0.15, 0.2) is 18.2 Å². The number of halogens is 1. The van der Waals surface area contributed by atoms with Crippen LogP contribution >= 0.6 is 0 Å². The van der Waals surface area contributed by atoms with E-state index in [1.54, 1.807) is 6.07 Å². The van der Waals surface area contributed by atoms with Gasteiger partial charge in [0.15, 0.2) is 11.6 Å². The van der Waals surface area contributed by atoms with Gasteiger partial charge in [-0.05, 0) is 80.9 Å². The van der Waals surface area contributed by atoms with Crippen molar-refractivity contribution in [1.29, 1.82) is 0 Å². The quantitative estimate of drug-likeness (QED) is 0.792. The van der Waals surface area contributed by atoms with E-state index in [2.05, 4.69) is 5.32 Å². The highest BCUT2D eigenvalue weighted by Gasteiger charge is 2.40. The zero-order valence-electron chi connectivity index (χ0n) is 16.1. The standard InChI is InChI=1S/C22H31FN2O2/c1-13(15-7-8-20(19(23)11-15)27-12-14-5-6-14)25-22(26)18-9-16-3-2-4-17(10-18)21(16)24/h7-8,11,13-14,16-18,21H,2-6,9-10,12,24H2,1H3,(H,25,26). The Morgan fingerprint density at radius 1 is 1.26 bits per heavy atom. The SMILES string of the molecule is CC(NC(=O)C1CC2CCCC(C1)C2N)c1ccc(OCC2CC2)c(F)c1. The number of nitrogens with one attached hydrogen (secondary N) is 1. The van der Waals surface area contributed by atoms with E-state index in [1.807, 2.05) is 13.0 Å². The van der Waals surface area contributed by atoms with Crippen LogP contribution in [-0.2, 0) is 4.79 Å². The Morgan fingerprint density at radius 3 is 2.59 bits per heavy atom. The fourth-order valence-corrected chi connectivity index (χ4v) is 4.81. The molecule has 4 rings (SSSR count). The van der Waals surface area contributed by atoms with Crippen LogP contribution in [0.1, 0.15) is 63.5 Å². The van der Waals surface area contributed by atoms with Gasteiger partial charge in [-0.3, -0.25) is 4.79 Å². The Bertz CT molecular complexity index is 677. The molecule has 1 amide bonds. The summed E-state index contributed by atoms with van der Waals surface area (Å²) in [5.41, 5.74) is 7.10. The van der Waals surface area contributed by atoms with Crippen molar-refractivity contribution in [1.82, 2.24) is 5.32 Å². The molecule has 0 saturated heterocycles. The zero-order chi connectivity index (χ0) is 19.0. The van der Waals surface area contributed by atoms with Gasteiger partial charge in [0.1, 0.15) is 0 Å². The molecule has 148 valence electrons. The number of carbonyl (C=O) groups is 1. The number of amides is 1. The molecule has 4 nitrogen and oxygen atoms in total. The summed E-state index contributed by atoms with van der Waals surface area (Å²) in [7, 11) is 0. The summed E-state index contributed by atoms with van der Waals surface area (Å²) in [5, 5.41) is 3.09. The molecule has 27 heavy (non-hydrogen) atoms. The molecule has 0 radical (unpaired) electrons. The lowest BCUT2D eigenvalue weighted by Crippen LogP contribution is -2.49. The predicted octanol–water partition coefficient (Wildman–Crippen LogP) is 3.95. The lowest BCUT2D eigenvalue weighted by Gasteiger charge is -2.43. The minimum Gasteiger partial charge on any atom is -0.490 e. The molecule has 3 saturated carbocycles. The van der Waals surface area contributed by atoms with Gasteiger partial charge >= 0.3 is 0 Å². The fourth-order valence-electron chi connectivity index (χ4n) is 4.81. The van der Waals surface area contributed by atoms with Gasteiger partial charge in [-0.25, -0.2) is 4.39 Å². The number of benzene rings is 1. The van der Waals surface area contributed by atoms with Gasteiger partial charge in [-0.1, -0.05) is 12.5 Å². The molecular formula is C22H31FN2O2. The minimum atomic E-state index is -0.354. The summed E-state index contributed by atoms with van der Waals surface area (Å²) in [5.74, 6) is 1.61. The van der Waals surface area contributed by atoms with Gasteiger partial charge in [0.25, 0.3) is 0 Å². The Labute approximate surface area is 161 Å². The summed E-state index contributed by atoms with van der Waals surface area (Å²) in [6.07, 6.45) is 7.65. The second-order valence-corrected chi connectivity index (χ2v) is 8.87. The third-order valence-corrected chi connectivity index (χ3v) is 6.77. The van der Waals surface area contributed by atoms with E-state index in [-0.39, 0.29) is 29.7 Å². The molecule has 3 atom stereocenters. The Morgan fingerprint density at radius 2 is 1.96 bits per heavy atom. The number of ether oxygens (including phenoxy) is 1. The highest BCUT2D eigenvalue weighted by molar-refractivity contribution is 5.79. The van der Waals surface area contributed by atoms with Crippen LogP contribution in [0.25, 0.3) is 0 Å². The van der Waals surface area contributed by atoms with Crippen LogP contribution < -0.4 is 15.8 Å². The molecule has 0 heterocycles. The average Bonchev–Trinajstić information content (AvgIpc) is 3.44. The van der Waals surface area contributed by atoms with E-state index in [0.29, 0.717) is 30.1 Å². The Kier molecular flexibility index (Phi) is 5.40. The van der Waals surface area contributed by atoms with E-state index in [1.165, 1.54) is 25.3 Å². The highest BCUT2D eigenvalue weighted by Crippen LogP contribution is 2.42. The van der Waals surface area contributed by atoms with Gasteiger partial charge in [0, 0.05) is 12.0 Å². The summed E-state index contributed by atoms with van der Waals surface area (Å²) in [6, 6.07) is 5.05. The monoisotopic (exact) mass is 374 g/mol. The number of fused-ring (bicyclic) bond motifs is 2. The van der Waals surface area contributed by atoms with Crippen molar-refractivity contribution < 1.29 is 13.9 Å². The molecule has 5 heteroatoms. The van der Waals surface area contributed by atoms with Gasteiger partial charge in [0.05, 0.1) is 12.6 Å². The maximum absolute atomic E-state index is 14.3. The largest absolute Gasteiger partial charge is 0.490 e. The van der Waals surface area contributed by atoms with E-state index in [0.717, 1.165) is 31.2 Å². The molecule has 3 aliphatic carbocycles. The number of hydrogen-bond acceptors (Lipinski definition) is 3. The minimum absolute atomic E-state index is 0.0357. The molecule has 1 aromatic rings. The van der Waals surface area contributed by atoms with E-state index in [9.17, 15) is 9.18 Å². The third kappa shape index (κ3) is 4.29. The van der Waals surface area contributed by atoms with Gasteiger partial charge in [0.2, 0.25) is 5.91 Å². The molecule has 0 aromatic heterocycles. The molecule has 0 aliphatic heterocycles. The highest BCUT2D eigenvalue weighted by atomic mass is 19.1. The Balaban J connectivity index is 1.34. The molecular weight excluding hydrogens is 343 g/mol. The molecule has 0 spiro atoms. The van der Waals surface area contributed by atoms with Crippen LogP contribution in [0.2, 0.25) is 0 Å².